The van der Waals surface area contributed by atoms with Gasteiger partial charge in [0.2, 0.25) is 0 Å². The molecule has 0 atom stereocenters. The van der Waals surface area contributed by atoms with Crippen molar-refractivity contribution < 1.29 is 0 Å². The first-order valence-electron chi connectivity index (χ1n) is 3.22. The van der Waals surface area contributed by atoms with Crippen molar-refractivity contribution in [3.63, 3.8) is 0 Å². The molecule has 0 aliphatic rings. The van der Waals surface area contributed by atoms with Crippen molar-refractivity contribution >= 4 is 0 Å². The van der Waals surface area contributed by atoms with Gasteiger partial charge < -0.3 is 0 Å². The highest BCUT2D eigenvalue weighted by molar-refractivity contribution is 4.92. The fourth-order valence-electron chi connectivity index (χ4n) is 0.487. The third-order valence-electron chi connectivity index (χ3n) is 0.936. The van der Waals surface area contributed by atoms with E-state index in [2.05, 4.69) is 32.4 Å². The SMILES string of the molecule is C/C=C/[CH]CC(C)C. The monoisotopic (exact) mass is 111 g/mol. The summed E-state index contributed by atoms with van der Waals surface area (Å²) in [5.41, 5.74) is 0. The van der Waals surface area contributed by atoms with Crippen LogP contribution >= 0.6 is 0 Å². The van der Waals surface area contributed by atoms with Crippen LogP contribution in [0.4, 0.5) is 0 Å². The van der Waals surface area contributed by atoms with Crippen molar-refractivity contribution in [3.8, 4) is 0 Å². The first-order valence-corrected chi connectivity index (χ1v) is 3.22. The summed E-state index contributed by atoms with van der Waals surface area (Å²) < 4.78 is 0. The van der Waals surface area contributed by atoms with Gasteiger partial charge in [-0.05, 0) is 25.7 Å². The maximum Gasteiger partial charge on any atom is -0.0168 e. The van der Waals surface area contributed by atoms with E-state index >= 15 is 0 Å². The molecule has 0 N–H and O–H groups in total. The second kappa shape index (κ2) is 4.89. The summed E-state index contributed by atoms with van der Waals surface area (Å²) in [6.45, 7) is 6.48. The molecule has 0 heteroatoms. The molecule has 0 bridgehead atoms. The summed E-state index contributed by atoms with van der Waals surface area (Å²) in [5, 5.41) is 0. The first kappa shape index (κ1) is 7.74. The third-order valence-corrected chi connectivity index (χ3v) is 0.936. The summed E-state index contributed by atoms with van der Waals surface area (Å²) in [4.78, 5) is 0. The van der Waals surface area contributed by atoms with Gasteiger partial charge >= 0.3 is 0 Å². The number of rotatable bonds is 3. The predicted octanol–water partition coefficient (Wildman–Crippen LogP) is 2.81. The van der Waals surface area contributed by atoms with Crippen LogP contribution in [0, 0.1) is 12.3 Å². The van der Waals surface area contributed by atoms with E-state index in [4.69, 9.17) is 0 Å². The average Bonchev–Trinajstić information content (AvgIpc) is 1.66. The highest BCUT2D eigenvalue weighted by Crippen LogP contribution is 2.01. The molecule has 0 aromatic carbocycles. The van der Waals surface area contributed by atoms with Gasteiger partial charge in [-0.3, -0.25) is 0 Å². The van der Waals surface area contributed by atoms with E-state index in [-0.39, 0.29) is 0 Å². The Labute approximate surface area is 52.6 Å². The largest absolute Gasteiger partial charge is 0.0914 e. The van der Waals surface area contributed by atoms with Gasteiger partial charge in [0.1, 0.15) is 0 Å². The third kappa shape index (κ3) is 5.74. The topological polar surface area (TPSA) is 0 Å². The highest BCUT2D eigenvalue weighted by atomic mass is 13.9. The van der Waals surface area contributed by atoms with E-state index in [1.54, 1.807) is 0 Å². The van der Waals surface area contributed by atoms with Crippen molar-refractivity contribution in [1.29, 1.82) is 0 Å². The molecular formula is C8H15. The Bertz CT molecular complexity index is 60.4. The van der Waals surface area contributed by atoms with E-state index in [1.165, 1.54) is 6.42 Å². The molecule has 0 aliphatic heterocycles. The van der Waals surface area contributed by atoms with Gasteiger partial charge in [0.25, 0.3) is 0 Å². The van der Waals surface area contributed by atoms with Crippen molar-refractivity contribution in [3.05, 3.63) is 18.6 Å². The van der Waals surface area contributed by atoms with E-state index in [1.807, 2.05) is 6.92 Å². The zero-order chi connectivity index (χ0) is 6.41. The average molecular weight is 111 g/mol. The summed E-state index contributed by atoms with van der Waals surface area (Å²) in [5.74, 6) is 0.797. The molecule has 0 rings (SSSR count). The fraction of sp³-hybridized carbons (Fsp3) is 0.625. The number of hydrogen-bond acceptors (Lipinski definition) is 0. The van der Waals surface area contributed by atoms with E-state index in [9.17, 15) is 0 Å². The smallest absolute Gasteiger partial charge is 0.0168 e. The van der Waals surface area contributed by atoms with Gasteiger partial charge in [-0.25, -0.2) is 0 Å². The Kier molecular flexibility index (Phi) is 4.73. The van der Waals surface area contributed by atoms with Crippen LogP contribution in [0.2, 0.25) is 0 Å². The van der Waals surface area contributed by atoms with Gasteiger partial charge in [-0.1, -0.05) is 26.0 Å². The van der Waals surface area contributed by atoms with Gasteiger partial charge in [-0.15, -0.1) is 0 Å². The van der Waals surface area contributed by atoms with Gasteiger partial charge in [0, 0.05) is 0 Å². The van der Waals surface area contributed by atoms with Crippen LogP contribution in [-0.2, 0) is 0 Å². The fourth-order valence-corrected chi connectivity index (χ4v) is 0.487. The maximum absolute atomic E-state index is 2.22. The lowest BCUT2D eigenvalue weighted by atomic mass is 10.1. The Morgan fingerprint density at radius 2 is 2.00 bits per heavy atom. The molecule has 0 saturated carbocycles. The second-order valence-electron chi connectivity index (χ2n) is 2.39. The van der Waals surface area contributed by atoms with Gasteiger partial charge in [0.05, 0.1) is 0 Å². The molecule has 8 heavy (non-hydrogen) atoms. The van der Waals surface area contributed by atoms with Crippen LogP contribution in [0.15, 0.2) is 12.2 Å². The van der Waals surface area contributed by atoms with Crippen LogP contribution < -0.4 is 0 Å². The molecule has 0 fully saturated rings. The minimum atomic E-state index is 0.797. The van der Waals surface area contributed by atoms with Crippen LogP contribution in [0.5, 0.6) is 0 Å². The second-order valence-corrected chi connectivity index (χ2v) is 2.39. The van der Waals surface area contributed by atoms with Crippen molar-refractivity contribution in [2.45, 2.75) is 27.2 Å². The quantitative estimate of drug-likeness (QED) is 0.525. The van der Waals surface area contributed by atoms with Crippen molar-refractivity contribution in [2.75, 3.05) is 0 Å². The highest BCUT2D eigenvalue weighted by Gasteiger charge is 1.88. The van der Waals surface area contributed by atoms with Crippen LogP contribution in [-0.4, -0.2) is 0 Å². The molecule has 0 aromatic rings. The molecular weight excluding hydrogens is 96.1 g/mol. The molecule has 0 heterocycles. The van der Waals surface area contributed by atoms with Crippen molar-refractivity contribution in [2.24, 2.45) is 5.92 Å². The molecule has 0 nitrogen and oxygen atoms in total. The molecule has 0 unspecified atom stereocenters. The van der Waals surface area contributed by atoms with E-state index in [0.717, 1.165) is 5.92 Å². The molecule has 0 aromatic heterocycles. The van der Waals surface area contributed by atoms with Crippen molar-refractivity contribution in [1.82, 2.24) is 0 Å². The molecule has 0 spiro atoms. The number of hydrogen-bond donors (Lipinski definition) is 0. The van der Waals surface area contributed by atoms with Crippen LogP contribution in [0.25, 0.3) is 0 Å². The summed E-state index contributed by atoms with van der Waals surface area (Å²) in [6.07, 6.45) is 7.55. The zero-order valence-corrected chi connectivity index (χ0v) is 6.02. The maximum atomic E-state index is 2.22. The lowest BCUT2D eigenvalue weighted by Crippen LogP contribution is -1.83. The summed E-state index contributed by atoms with van der Waals surface area (Å²) in [6, 6.07) is 0. The lowest BCUT2D eigenvalue weighted by molar-refractivity contribution is 0.647. The van der Waals surface area contributed by atoms with Crippen LogP contribution in [0.3, 0.4) is 0 Å². The number of allylic oxidation sites excluding steroid dienone is 2. The van der Waals surface area contributed by atoms with E-state index < -0.39 is 0 Å². The van der Waals surface area contributed by atoms with Gasteiger partial charge in [-0.2, -0.15) is 0 Å². The van der Waals surface area contributed by atoms with Gasteiger partial charge in [0.15, 0.2) is 0 Å². The Balaban J connectivity index is 2.93. The summed E-state index contributed by atoms with van der Waals surface area (Å²) >= 11 is 0. The Hall–Kier alpha value is -0.260. The summed E-state index contributed by atoms with van der Waals surface area (Å²) in [7, 11) is 0. The minimum absolute atomic E-state index is 0.797. The molecule has 0 amide bonds. The zero-order valence-electron chi connectivity index (χ0n) is 6.02. The molecule has 0 aliphatic carbocycles. The lowest BCUT2D eigenvalue weighted by Gasteiger charge is -1.97. The predicted molar refractivity (Wildman–Crippen MR) is 38.6 cm³/mol. The van der Waals surface area contributed by atoms with Crippen LogP contribution in [0.1, 0.15) is 27.2 Å². The Morgan fingerprint density at radius 3 is 2.38 bits per heavy atom. The molecule has 0 saturated heterocycles. The standard InChI is InChI=1S/C8H15/c1-4-5-6-7-8(2)3/h4-6,8H,7H2,1-3H3/b5-4+. The molecule has 47 valence electrons. The van der Waals surface area contributed by atoms with E-state index in [0.29, 0.717) is 0 Å². The minimum Gasteiger partial charge on any atom is -0.0914 e. The first-order chi connectivity index (χ1) is 3.77. The molecule has 1 radical (unpaired) electrons. The normalized spacial score (nSPS) is 11.5. The Morgan fingerprint density at radius 1 is 1.38 bits per heavy atom.